The highest BCUT2D eigenvalue weighted by Crippen LogP contribution is 2.36. The first-order valence-corrected chi connectivity index (χ1v) is 12.7. The number of benzene rings is 2. The van der Waals surface area contributed by atoms with E-state index in [4.69, 9.17) is 4.74 Å². The van der Waals surface area contributed by atoms with E-state index >= 15 is 0 Å². The lowest BCUT2D eigenvalue weighted by Gasteiger charge is -2.51. The van der Waals surface area contributed by atoms with E-state index in [1.807, 2.05) is 17.5 Å². The third-order valence-corrected chi connectivity index (χ3v) is 8.10. The number of nitrogens with zero attached hydrogens (tertiary/aromatic N) is 2. The van der Waals surface area contributed by atoms with E-state index in [1.165, 1.54) is 40.5 Å². The number of hydrogen-bond donors (Lipinski definition) is 0. The van der Waals surface area contributed by atoms with Crippen molar-refractivity contribution < 1.29 is 27.6 Å². The fourth-order valence-corrected chi connectivity index (χ4v) is 5.94. The maximum atomic E-state index is 14.7. The summed E-state index contributed by atoms with van der Waals surface area (Å²) in [5.41, 5.74) is 0.769. The molecule has 0 radical (unpaired) electrons. The van der Waals surface area contributed by atoms with E-state index in [0.717, 1.165) is 30.8 Å². The van der Waals surface area contributed by atoms with Crippen molar-refractivity contribution in [3.63, 3.8) is 0 Å². The molecule has 2 bridgehead atoms. The zero-order valence-electron chi connectivity index (χ0n) is 19.2. The second-order valence-corrected chi connectivity index (χ2v) is 10.4. The molecule has 0 unspecified atom stereocenters. The summed E-state index contributed by atoms with van der Waals surface area (Å²) in [6.45, 7) is 2.81. The SMILES string of the molecule is O=C(C[N+]12CCC(CC1)[C@@H](OC(=O)N(Cc1ccc(F)cc1)c1ccccc1F)C2)c1cccs1. The Morgan fingerprint density at radius 3 is 2.43 bits per heavy atom. The number of rotatable bonds is 7. The van der Waals surface area contributed by atoms with Crippen molar-refractivity contribution in [2.45, 2.75) is 25.5 Å². The molecule has 1 aromatic heterocycles. The largest absolute Gasteiger partial charge is 0.440 e. The molecule has 3 aliphatic heterocycles. The number of Topliss-reactive ketones (excluding diaryl/α,β-unsaturated/α-hetero) is 1. The second kappa shape index (κ2) is 9.87. The Bertz CT molecular complexity index is 1190. The number of amides is 1. The second-order valence-electron chi connectivity index (χ2n) is 9.45. The van der Waals surface area contributed by atoms with Crippen LogP contribution in [0.5, 0.6) is 0 Å². The molecule has 1 amide bonds. The van der Waals surface area contributed by atoms with Crippen molar-refractivity contribution in [1.82, 2.24) is 0 Å². The van der Waals surface area contributed by atoms with Crippen LogP contribution in [0.3, 0.4) is 0 Å². The van der Waals surface area contributed by atoms with Crippen molar-refractivity contribution in [2.75, 3.05) is 31.1 Å². The first-order chi connectivity index (χ1) is 16.9. The summed E-state index contributed by atoms with van der Waals surface area (Å²) in [6.07, 6.45) is 0.783. The molecule has 0 N–H and O–H groups in total. The van der Waals surface area contributed by atoms with Crippen molar-refractivity contribution in [2.24, 2.45) is 5.92 Å². The summed E-state index contributed by atoms with van der Waals surface area (Å²) in [6, 6.07) is 15.5. The van der Waals surface area contributed by atoms with Crippen molar-refractivity contribution in [3.05, 3.63) is 88.1 Å². The summed E-state index contributed by atoms with van der Waals surface area (Å²) in [5.74, 6) is -0.573. The first kappa shape index (κ1) is 23.6. The van der Waals surface area contributed by atoms with Gasteiger partial charge in [-0.15, -0.1) is 11.3 Å². The highest BCUT2D eigenvalue weighted by atomic mass is 32.1. The van der Waals surface area contributed by atoms with Crippen LogP contribution in [0.15, 0.2) is 66.0 Å². The Morgan fingerprint density at radius 1 is 1.00 bits per heavy atom. The van der Waals surface area contributed by atoms with Crippen LogP contribution in [0, 0.1) is 17.6 Å². The molecule has 6 rings (SSSR count). The van der Waals surface area contributed by atoms with Gasteiger partial charge in [0.1, 0.15) is 24.7 Å². The first-order valence-electron chi connectivity index (χ1n) is 11.8. The maximum Gasteiger partial charge on any atom is 0.415 e. The summed E-state index contributed by atoms with van der Waals surface area (Å²) < 4.78 is 34.7. The average Bonchev–Trinajstić information content (AvgIpc) is 3.40. The minimum Gasteiger partial charge on any atom is -0.440 e. The zero-order chi connectivity index (χ0) is 24.4. The van der Waals surface area contributed by atoms with Crippen LogP contribution in [0.1, 0.15) is 28.1 Å². The van der Waals surface area contributed by atoms with E-state index in [0.29, 0.717) is 23.1 Å². The Labute approximate surface area is 207 Å². The molecule has 3 saturated heterocycles. The standard InChI is InChI=1S/C27H27F2N2O3S/c28-21-9-7-19(8-10-21)16-30(23-5-2-1-4-22(23)29)27(33)34-25-18-31(13-11-20(25)12-14-31)17-24(32)26-6-3-15-35-26/h1-10,15,20,25H,11-14,16-18H2/q+1/t20?,25-,31?/m0/s1. The number of hydrogen-bond acceptors (Lipinski definition) is 4. The van der Waals surface area contributed by atoms with Gasteiger partial charge in [0.15, 0.2) is 6.10 Å². The van der Waals surface area contributed by atoms with Crippen LogP contribution in [0.25, 0.3) is 0 Å². The fraction of sp³-hybridized carbons (Fsp3) is 0.333. The van der Waals surface area contributed by atoms with Gasteiger partial charge in [-0.2, -0.15) is 0 Å². The predicted octanol–water partition coefficient (Wildman–Crippen LogP) is 5.66. The molecule has 0 spiro atoms. The molecular formula is C27H27F2N2O3S+. The lowest BCUT2D eigenvalue weighted by molar-refractivity contribution is -0.938. The number of ketones is 1. The number of ether oxygens (including phenoxy) is 1. The van der Waals surface area contributed by atoms with E-state index in [9.17, 15) is 18.4 Å². The molecule has 35 heavy (non-hydrogen) atoms. The van der Waals surface area contributed by atoms with E-state index in [1.54, 1.807) is 24.3 Å². The number of halogens is 2. The van der Waals surface area contributed by atoms with Crippen LogP contribution < -0.4 is 4.90 Å². The molecule has 1 atom stereocenters. The lowest BCUT2D eigenvalue weighted by atomic mass is 9.83. The van der Waals surface area contributed by atoms with Crippen LogP contribution in [-0.4, -0.2) is 48.6 Å². The van der Waals surface area contributed by atoms with Crippen LogP contribution in [-0.2, 0) is 11.3 Å². The Balaban J connectivity index is 1.34. The van der Waals surface area contributed by atoms with E-state index in [2.05, 4.69) is 0 Å². The van der Waals surface area contributed by atoms with Gasteiger partial charge in [-0.05, 0) is 41.3 Å². The van der Waals surface area contributed by atoms with Gasteiger partial charge in [-0.3, -0.25) is 9.69 Å². The Kier molecular flexibility index (Phi) is 6.67. The van der Waals surface area contributed by atoms with Crippen molar-refractivity contribution in [1.29, 1.82) is 0 Å². The van der Waals surface area contributed by atoms with Gasteiger partial charge >= 0.3 is 6.09 Å². The molecule has 0 saturated carbocycles. The molecule has 8 heteroatoms. The van der Waals surface area contributed by atoms with Gasteiger partial charge in [0.25, 0.3) is 0 Å². The third kappa shape index (κ3) is 5.13. The van der Waals surface area contributed by atoms with Crippen molar-refractivity contribution in [3.8, 4) is 0 Å². The minimum absolute atomic E-state index is 0.0499. The summed E-state index contributed by atoms with van der Waals surface area (Å²) in [4.78, 5) is 28.3. The molecule has 182 valence electrons. The number of para-hydroxylation sites is 1. The van der Waals surface area contributed by atoms with Gasteiger partial charge in [-0.1, -0.05) is 30.3 Å². The quantitative estimate of drug-likeness (QED) is 0.313. The number of carbonyl (C=O) groups is 2. The molecular weight excluding hydrogens is 470 g/mol. The number of carbonyl (C=O) groups excluding carboxylic acids is 2. The molecule has 0 aliphatic carbocycles. The van der Waals surface area contributed by atoms with Gasteiger partial charge in [0.2, 0.25) is 5.78 Å². The number of piperidine rings is 3. The van der Waals surface area contributed by atoms with E-state index in [-0.39, 0.29) is 35.9 Å². The summed E-state index contributed by atoms with van der Waals surface area (Å²) >= 11 is 1.45. The van der Waals surface area contributed by atoms with Crippen LogP contribution in [0.2, 0.25) is 0 Å². The number of anilines is 1. The molecule has 4 heterocycles. The average molecular weight is 498 g/mol. The molecule has 3 aliphatic rings. The molecule has 3 aromatic rings. The minimum atomic E-state index is -0.638. The Hall–Kier alpha value is -3.10. The monoisotopic (exact) mass is 497 g/mol. The fourth-order valence-electron chi connectivity index (χ4n) is 5.28. The smallest absolute Gasteiger partial charge is 0.415 e. The highest BCUT2D eigenvalue weighted by Gasteiger charge is 2.49. The molecule has 3 fully saturated rings. The summed E-state index contributed by atoms with van der Waals surface area (Å²) in [7, 11) is 0. The van der Waals surface area contributed by atoms with Gasteiger partial charge in [0, 0.05) is 18.8 Å². The number of thiophene rings is 1. The number of quaternary nitrogens is 1. The normalized spacial score (nSPS) is 23.1. The van der Waals surface area contributed by atoms with E-state index < -0.39 is 11.9 Å². The molecule has 2 aromatic carbocycles. The lowest BCUT2D eigenvalue weighted by Crippen LogP contribution is -2.66. The van der Waals surface area contributed by atoms with Gasteiger partial charge in [0.05, 0.1) is 30.2 Å². The third-order valence-electron chi connectivity index (χ3n) is 7.19. The predicted molar refractivity (Wildman–Crippen MR) is 130 cm³/mol. The van der Waals surface area contributed by atoms with Gasteiger partial charge in [-0.25, -0.2) is 13.6 Å². The topological polar surface area (TPSA) is 46.6 Å². The van der Waals surface area contributed by atoms with Gasteiger partial charge < -0.3 is 9.22 Å². The van der Waals surface area contributed by atoms with Crippen LogP contribution in [0.4, 0.5) is 19.3 Å². The highest BCUT2D eigenvalue weighted by molar-refractivity contribution is 7.12. The zero-order valence-corrected chi connectivity index (χ0v) is 20.1. The summed E-state index contributed by atoms with van der Waals surface area (Å²) in [5, 5.41) is 1.90. The molecule has 5 nitrogen and oxygen atoms in total. The maximum absolute atomic E-state index is 14.7. The van der Waals surface area contributed by atoms with Crippen LogP contribution >= 0.6 is 11.3 Å². The number of fused-ring (bicyclic) bond motifs is 3. The Morgan fingerprint density at radius 2 is 1.74 bits per heavy atom. The van der Waals surface area contributed by atoms with Crippen molar-refractivity contribution >= 4 is 28.9 Å².